The molecule has 24 heavy (non-hydrogen) atoms. The predicted octanol–water partition coefficient (Wildman–Crippen LogP) is 3.10. The van der Waals surface area contributed by atoms with E-state index >= 15 is 0 Å². The number of nitrogens with one attached hydrogen (secondary N) is 1. The van der Waals surface area contributed by atoms with Gasteiger partial charge in [-0.3, -0.25) is 9.59 Å². The maximum absolute atomic E-state index is 12.3. The minimum Gasteiger partial charge on any atom is -0.492 e. The lowest BCUT2D eigenvalue weighted by Gasteiger charge is -2.18. The number of rotatable bonds is 6. The number of hydrogen-bond donors (Lipinski definition) is 1. The number of benzene rings is 2. The van der Waals surface area contributed by atoms with E-state index in [-0.39, 0.29) is 11.8 Å². The summed E-state index contributed by atoms with van der Waals surface area (Å²) < 4.78 is 5.64. The van der Waals surface area contributed by atoms with Crippen LogP contribution in [-0.2, 0) is 4.79 Å². The van der Waals surface area contributed by atoms with Crippen LogP contribution in [0, 0.1) is 6.92 Å². The van der Waals surface area contributed by atoms with Gasteiger partial charge in [-0.15, -0.1) is 0 Å². The highest BCUT2D eigenvalue weighted by Crippen LogP contribution is 2.13. The Morgan fingerprint density at radius 1 is 1.04 bits per heavy atom. The summed E-state index contributed by atoms with van der Waals surface area (Å²) in [5.41, 5.74) is 2.42. The van der Waals surface area contributed by atoms with Crippen LogP contribution in [0.1, 0.15) is 22.8 Å². The molecule has 2 amide bonds. The normalized spacial score (nSPS) is 10.1. The molecular formula is C19H22N2O3. The third kappa shape index (κ3) is 5.12. The molecule has 0 unspecified atom stereocenters. The van der Waals surface area contributed by atoms with Crippen LogP contribution in [0.25, 0.3) is 0 Å². The zero-order valence-corrected chi connectivity index (χ0v) is 14.2. The van der Waals surface area contributed by atoms with Crippen molar-refractivity contribution in [2.45, 2.75) is 13.8 Å². The van der Waals surface area contributed by atoms with Gasteiger partial charge >= 0.3 is 0 Å². The largest absolute Gasteiger partial charge is 0.492 e. The highest BCUT2D eigenvalue weighted by atomic mass is 16.5. The lowest BCUT2D eigenvalue weighted by Crippen LogP contribution is -2.30. The van der Waals surface area contributed by atoms with E-state index in [9.17, 15) is 9.59 Å². The molecular weight excluding hydrogens is 304 g/mol. The first-order valence-electron chi connectivity index (χ1n) is 7.78. The van der Waals surface area contributed by atoms with Crippen molar-refractivity contribution in [1.82, 2.24) is 4.90 Å². The van der Waals surface area contributed by atoms with Gasteiger partial charge in [-0.2, -0.15) is 0 Å². The molecule has 0 spiro atoms. The number of hydrogen-bond acceptors (Lipinski definition) is 3. The Morgan fingerprint density at radius 3 is 2.25 bits per heavy atom. The van der Waals surface area contributed by atoms with E-state index in [1.165, 1.54) is 12.5 Å². The lowest BCUT2D eigenvalue weighted by molar-refractivity contribution is -0.114. The summed E-state index contributed by atoms with van der Waals surface area (Å²) in [6.07, 6.45) is 0. The van der Waals surface area contributed by atoms with Crippen LogP contribution in [0.3, 0.4) is 0 Å². The number of likely N-dealkylation sites (N-methyl/N-ethyl adjacent to an activating group) is 1. The number of carbonyl (C=O) groups excluding carboxylic acids is 2. The van der Waals surface area contributed by atoms with Gasteiger partial charge in [-0.25, -0.2) is 0 Å². The van der Waals surface area contributed by atoms with Crippen molar-refractivity contribution in [3.05, 3.63) is 59.7 Å². The molecule has 0 fully saturated rings. The third-order valence-corrected chi connectivity index (χ3v) is 3.52. The molecule has 126 valence electrons. The van der Waals surface area contributed by atoms with E-state index in [4.69, 9.17) is 4.74 Å². The average molecular weight is 326 g/mol. The van der Waals surface area contributed by atoms with Gasteiger partial charge in [-0.05, 0) is 43.3 Å². The fourth-order valence-electron chi connectivity index (χ4n) is 2.16. The van der Waals surface area contributed by atoms with E-state index in [1.807, 2.05) is 31.2 Å². The van der Waals surface area contributed by atoms with Crippen LogP contribution >= 0.6 is 0 Å². The molecule has 0 aliphatic carbocycles. The first-order valence-corrected chi connectivity index (χ1v) is 7.78. The SMILES string of the molecule is CC(=O)Nc1ccc(C(=O)N(C)CCOc2ccc(C)cc2)cc1. The summed E-state index contributed by atoms with van der Waals surface area (Å²) in [7, 11) is 1.74. The second kappa shape index (κ2) is 8.15. The van der Waals surface area contributed by atoms with Gasteiger partial charge in [0.1, 0.15) is 12.4 Å². The van der Waals surface area contributed by atoms with Crippen molar-refractivity contribution in [2.75, 3.05) is 25.5 Å². The molecule has 0 heterocycles. The summed E-state index contributed by atoms with van der Waals surface area (Å²) >= 11 is 0. The second-order valence-electron chi connectivity index (χ2n) is 5.65. The standard InChI is InChI=1S/C19H22N2O3/c1-14-4-10-18(11-5-14)24-13-12-21(3)19(23)16-6-8-17(9-7-16)20-15(2)22/h4-11H,12-13H2,1-3H3,(H,20,22). The van der Waals surface area contributed by atoms with E-state index in [2.05, 4.69) is 5.32 Å². The quantitative estimate of drug-likeness (QED) is 0.887. The monoisotopic (exact) mass is 326 g/mol. The smallest absolute Gasteiger partial charge is 0.253 e. The Bertz CT molecular complexity index is 694. The van der Waals surface area contributed by atoms with Gasteiger partial charge in [0.05, 0.1) is 6.54 Å². The zero-order valence-electron chi connectivity index (χ0n) is 14.2. The van der Waals surface area contributed by atoms with Gasteiger partial charge in [0.2, 0.25) is 5.91 Å². The van der Waals surface area contributed by atoms with Crippen LogP contribution < -0.4 is 10.1 Å². The Labute approximate surface area is 142 Å². The van der Waals surface area contributed by atoms with Crippen molar-refractivity contribution in [3.63, 3.8) is 0 Å². The summed E-state index contributed by atoms with van der Waals surface area (Å²) in [5.74, 6) is 0.567. The van der Waals surface area contributed by atoms with E-state index < -0.39 is 0 Å². The van der Waals surface area contributed by atoms with Crippen molar-refractivity contribution in [2.24, 2.45) is 0 Å². The lowest BCUT2D eigenvalue weighted by atomic mass is 10.2. The first kappa shape index (κ1) is 17.5. The van der Waals surface area contributed by atoms with Crippen molar-refractivity contribution in [1.29, 1.82) is 0 Å². The zero-order chi connectivity index (χ0) is 17.5. The van der Waals surface area contributed by atoms with Crippen LogP contribution in [0.4, 0.5) is 5.69 Å². The summed E-state index contributed by atoms with van der Waals surface area (Å²) in [6, 6.07) is 14.6. The fourth-order valence-corrected chi connectivity index (χ4v) is 2.16. The molecule has 0 radical (unpaired) electrons. The van der Waals surface area contributed by atoms with Crippen LogP contribution in [0.5, 0.6) is 5.75 Å². The number of carbonyl (C=O) groups is 2. The van der Waals surface area contributed by atoms with Crippen LogP contribution in [0.15, 0.2) is 48.5 Å². The molecule has 2 aromatic carbocycles. The van der Waals surface area contributed by atoms with Crippen molar-refractivity contribution in [3.8, 4) is 5.75 Å². The predicted molar refractivity (Wildman–Crippen MR) is 94.4 cm³/mol. The van der Waals surface area contributed by atoms with Gasteiger partial charge < -0.3 is 15.0 Å². The van der Waals surface area contributed by atoms with Gasteiger partial charge in [0.15, 0.2) is 0 Å². The summed E-state index contributed by atoms with van der Waals surface area (Å²) in [4.78, 5) is 25.0. The summed E-state index contributed by atoms with van der Waals surface area (Å²) in [5, 5.41) is 2.67. The van der Waals surface area contributed by atoms with Crippen molar-refractivity contribution >= 4 is 17.5 Å². The maximum atomic E-state index is 12.3. The second-order valence-corrected chi connectivity index (χ2v) is 5.65. The average Bonchev–Trinajstić information content (AvgIpc) is 2.56. The minimum absolute atomic E-state index is 0.0862. The van der Waals surface area contributed by atoms with Crippen LogP contribution in [0.2, 0.25) is 0 Å². The molecule has 0 aliphatic rings. The number of ether oxygens (including phenoxy) is 1. The van der Waals surface area contributed by atoms with E-state index in [0.717, 1.165) is 5.75 Å². The Balaban J connectivity index is 1.85. The van der Waals surface area contributed by atoms with Gasteiger partial charge in [0.25, 0.3) is 5.91 Å². The molecule has 0 aromatic heterocycles. The van der Waals surface area contributed by atoms with Crippen molar-refractivity contribution < 1.29 is 14.3 Å². The molecule has 0 atom stereocenters. The molecule has 0 saturated heterocycles. The molecule has 5 nitrogen and oxygen atoms in total. The first-order chi connectivity index (χ1) is 11.5. The molecule has 2 rings (SSSR count). The van der Waals surface area contributed by atoms with E-state index in [1.54, 1.807) is 36.2 Å². The number of amides is 2. The highest BCUT2D eigenvalue weighted by molar-refractivity contribution is 5.95. The number of aryl methyl sites for hydroxylation is 1. The third-order valence-electron chi connectivity index (χ3n) is 3.52. The molecule has 1 N–H and O–H groups in total. The van der Waals surface area contributed by atoms with Gasteiger partial charge in [-0.1, -0.05) is 17.7 Å². The highest BCUT2D eigenvalue weighted by Gasteiger charge is 2.11. The molecule has 0 aliphatic heterocycles. The fraction of sp³-hybridized carbons (Fsp3) is 0.263. The molecule has 0 saturated carbocycles. The number of anilines is 1. The molecule has 5 heteroatoms. The van der Waals surface area contributed by atoms with E-state index in [0.29, 0.717) is 24.4 Å². The van der Waals surface area contributed by atoms with Gasteiger partial charge in [0, 0.05) is 25.2 Å². The Hall–Kier alpha value is -2.82. The summed E-state index contributed by atoms with van der Waals surface area (Å²) in [6.45, 7) is 4.38. The Morgan fingerprint density at radius 2 is 1.67 bits per heavy atom. The Kier molecular flexibility index (Phi) is 5.95. The maximum Gasteiger partial charge on any atom is 0.253 e. The molecule has 2 aromatic rings. The minimum atomic E-state index is -0.139. The molecule has 0 bridgehead atoms. The topological polar surface area (TPSA) is 58.6 Å². The number of nitrogens with zero attached hydrogens (tertiary/aromatic N) is 1. The van der Waals surface area contributed by atoms with Crippen LogP contribution in [-0.4, -0.2) is 36.9 Å².